The van der Waals surface area contributed by atoms with Crippen molar-refractivity contribution in [1.82, 2.24) is 24.5 Å². The predicted octanol–water partition coefficient (Wildman–Crippen LogP) is 3.18. The third-order valence-electron chi connectivity index (χ3n) is 5.58. The minimum Gasteiger partial charge on any atom is -0.377 e. The first-order valence-electron chi connectivity index (χ1n) is 10.2. The lowest BCUT2D eigenvalue weighted by atomic mass is 10.1. The van der Waals surface area contributed by atoms with Crippen LogP contribution in [0.4, 0.5) is 10.3 Å². The molecule has 0 N–H and O–H groups in total. The number of aromatic nitrogens is 4. The van der Waals surface area contributed by atoms with Crippen LogP contribution in [0.15, 0.2) is 42.5 Å². The molecular formula is C22H20ClFN6O2. The van der Waals surface area contributed by atoms with Crippen molar-refractivity contribution in [3.8, 4) is 0 Å². The van der Waals surface area contributed by atoms with Crippen molar-refractivity contribution in [3.63, 3.8) is 0 Å². The Morgan fingerprint density at radius 2 is 1.91 bits per heavy atom. The van der Waals surface area contributed by atoms with Crippen molar-refractivity contribution in [2.24, 2.45) is 0 Å². The number of benzene rings is 2. The molecule has 0 saturated carbocycles. The zero-order valence-electron chi connectivity index (χ0n) is 17.3. The van der Waals surface area contributed by atoms with E-state index in [0.717, 1.165) is 5.39 Å². The van der Waals surface area contributed by atoms with Crippen molar-refractivity contribution in [1.29, 1.82) is 0 Å². The van der Waals surface area contributed by atoms with E-state index in [1.165, 1.54) is 12.1 Å². The maximum Gasteiger partial charge on any atom is 0.256 e. The Kier molecular flexibility index (Phi) is 5.36. The van der Waals surface area contributed by atoms with E-state index in [1.807, 2.05) is 10.5 Å². The summed E-state index contributed by atoms with van der Waals surface area (Å²) in [5, 5.41) is 10.1. The Labute approximate surface area is 188 Å². The molecule has 8 nitrogen and oxygen atoms in total. The second kappa shape index (κ2) is 8.33. The molecule has 2 aromatic heterocycles. The summed E-state index contributed by atoms with van der Waals surface area (Å²) in [5.74, 6) is 0.468. The Hall–Kier alpha value is -3.30. The highest BCUT2D eigenvalue weighted by molar-refractivity contribution is 6.31. The van der Waals surface area contributed by atoms with Gasteiger partial charge in [-0.3, -0.25) is 4.79 Å². The Balaban J connectivity index is 1.49. The van der Waals surface area contributed by atoms with Crippen LogP contribution in [-0.4, -0.2) is 63.7 Å². The van der Waals surface area contributed by atoms with Crippen molar-refractivity contribution in [2.45, 2.75) is 6.61 Å². The lowest BCUT2D eigenvalue weighted by molar-refractivity contribution is 0.0741. The third kappa shape index (κ3) is 3.53. The molecule has 1 aliphatic heterocycles. The molecule has 0 atom stereocenters. The van der Waals surface area contributed by atoms with Crippen LogP contribution in [0, 0.1) is 5.82 Å². The monoisotopic (exact) mass is 454 g/mol. The van der Waals surface area contributed by atoms with Crippen LogP contribution in [-0.2, 0) is 11.3 Å². The summed E-state index contributed by atoms with van der Waals surface area (Å²) in [6.07, 6.45) is 0. The van der Waals surface area contributed by atoms with Gasteiger partial charge in [-0.05, 0) is 30.3 Å². The summed E-state index contributed by atoms with van der Waals surface area (Å²) in [6.45, 7) is 2.20. The molecule has 0 radical (unpaired) electrons. The fourth-order valence-electron chi connectivity index (χ4n) is 3.99. The SMILES string of the molecule is COCc1nnc2c3ccc(Cl)cc3nc(N3CCN(C(=O)c4ccccc4F)CC3)n12. The summed E-state index contributed by atoms with van der Waals surface area (Å²) < 4.78 is 21.2. The van der Waals surface area contributed by atoms with Gasteiger partial charge in [0.05, 0.1) is 11.1 Å². The molecule has 32 heavy (non-hydrogen) atoms. The zero-order chi connectivity index (χ0) is 22.2. The van der Waals surface area contributed by atoms with Crippen LogP contribution in [0.5, 0.6) is 0 Å². The summed E-state index contributed by atoms with van der Waals surface area (Å²) in [5.41, 5.74) is 1.46. The molecule has 0 bridgehead atoms. The lowest BCUT2D eigenvalue weighted by Crippen LogP contribution is -2.49. The molecule has 0 spiro atoms. The van der Waals surface area contributed by atoms with E-state index in [-0.39, 0.29) is 18.1 Å². The van der Waals surface area contributed by atoms with Gasteiger partial charge in [-0.15, -0.1) is 10.2 Å². The van der Waals surface area contributed by atoms with E-state index in [9.17, 15) is 9.18 Å². The van der Waals surface area contributed by atoms with E-state index in [2.05, 4.69) is 15.1 Å². The highest BCUT2D eigenvalue weighted by Crippen LogP contribution is 2.27. The lowest BCUT2D eigenvalue weighted by Gasteiger charge is -2.35. The van der Waals surface area contributed by atoms with Crippen LogP contribution in [0.3, 0.4) is 0 Å². The molecule has 4 aromatic rings. The molecule has 0 aliphatic carbocycles. The number of carbonyl (C=O) groups is 1. The number of fused-ring (bicyclic) bond motifs is 3. The minimum atomic E-state index is -0.511. The number of rotatable bonds is 4. The van der Waals surface area contributed by atoms with Gasteiger partial charge in [0, 0.05) is 43.7 Å². The maximum atomic E-state index is 14.1. The van der Waals surface area contributed by atoms with E-state index >= 15 is 0 Å². The molecular weight excluding hydrogens is 435 g/mol. The van der Waals surface area contributed by atoms with E-state index in [1.54, 1.807) is 36.3 Å². The number of amides is 1. The standard InChI is InChI=1S/C22H20ClFN6O2/c1-32-13-19-26-27-20-16-7-6-14(23)12-18(16)25-22(30(19)20)29-10-8-28(9-11-29)21(31)15-4-2-3-5-17(15)24/h2-7,12H,8-11,13H2,1H3. The summed E-state index contributed by atoms with van der Waals surface area (Å²) in [6, 6.07) is 11.5. The molecule has 1 aliphatic rings. The molecule has 1 saturated heterocycles. The molecule has 1 amide bonds. The highest BCUT2D eigenvalue weighted by Gasteiger charge is 2.27. The van der Waals surface area contributed by atoms with E-state index in [4.69, 9.17) is 21.3 Å². The number of ether oxygens (including phenoxy) is 1. The number of carbonyl (C=O) groups excluding carboxylic acids is 1. The van der Waals surface area contributed by atoms with Crippen LogP contribution >= 0.6 is 11.6 Å². The number of anilines is 1. The van der Waals surface area contributed by atoms with Crippen LogP contribution in [0.25, 0.3) is 16.6 Å². The van der Waals surface area contributed by atoms with Gasteiger partial charge in [0.1, 0.15) is 12.4 Å². The second-order valence-corrected chi connectivity index (χ2v) is 7.98. The summed E-state index contributed by atoms with van der Waals surface area (Å²) >= 11 is 6.20. The van der Waals surface area contributed by atoms with Gasteiger partial charge in [0.2, 0.25) is 5.95 Å². The summed E-state index contributed by atoms with van der Waals surface area (Å²) in [4.78, 5) is 21.4. The Morgan fingerprint density at radius 1 is 1.12 bits per heavy atom. The largest absolute Gasteiger partial charge is 0.377 e. The van der Waals surface area contributed by atoms with Crippen molar-refractivity contribution >= 4 is 40.0 Å². The number of hydrogen-bond acceptors (Lipinski definition) is 6. The Bertz CT molecular complexity index is 1320. The topological polar surface area (TPSA) is 75.9 Å². The number of hydrogen-bond donors (Lipinski definition) is 0. The normalized spacial score (nSPS) is 14.5. The molecule has 164 valence electrons. The van der Waals surface area contributed by atoms with Gasteiger partial charge >= 0.3 is 0 Å². The minimum absolute atomic E-state index is 0.0861. The molecule has 5 rings (SSSR count). The van der Waals surface area contributed by atoms with Gasteiger partial charge < -0.3 is 14.5 Å². The average Bonchev–Trinajstić information content (AvgIpc) is 3.22. The van der Waals surface area contributed by atoms with Crippen molar-refractivity contribution in [2.75, 3.05) is 38.2 Å². The van der Waals surface area contributed by atoms with E-state index in [0.29, 0.717) is 54.1 Å². The van der Waals surface area contributed by atoms with Crippen molar-refractivity contribution < 1.29 is 13.9 Å². The van der Waals surface area contributed by atoms with Gasteiger partial charge in [0.15, 0.2) is 11.5 Å². The number of piperazine rings is 1. The highest BCUT2D eigenvalue weighted by atomic mass is 35.5. The quantitative estimate of drug-likeness (QED) is 0.471. The molecule has 0 unspecified atom stereocenters. The zero-order valence-corrected chi connectivity index (χ0v) is 18.1. The van der Waals surface area contributed by atoms with Gasteiger partial charge in [-0.2, -0.15) is 0 Å². The second-order valence-electron chi connectivity index (χ2n) is 7.54. The predicted molar refractivity (Wildman–Crippen MR) is 119 cm³/mol. The maximum absolute atomic E-state index is 14.1. The molecule has 3 heterocycles. The fraction of sp³-hybridized carbons (Fsp3) is 0.273. The number of halogens is 2. The van der Waals surface area contributed by atoms with Gasteiger partial charge in [-0.1, -0.05) is 23.7 Å². The molecule has 2 aromatic carbocycles. The smallest absolute Gasteiger partial charge is 0.256 e. The van der Waals surface area contributed by atoms with Gasteiger partial charge in [-0.25, -0.2) is 13.8 Å². The van der Waals surface area contributed by atoms with Gasteiger partial charge in [0.25, 0.3) is 5.91 Å². The van der Waals surface area contributed by atoms with E-state index < -0.39 is 5.82 Å². The first-order valence-corrected chi connectivity index (χ1v) is 10.6. The molecule has 1 fully saturated rings. The fourth-order valence-corrected chi connectivity index (χ4v) is 4.16. The number of methoxy groups -OCH3 is 1. The first-order chi connectivity index (χ1) is 15.6. The molecule has 10 heteroatoms. The van der Waals surface area contributed by atoms with Crippen LogP contribution < -0.4 is 4.90 Å². The summed E-state index contributed by atoms with van der Waals surface area (Å²) in [7, 11) is 1.60. The number of nitrogens with zero attached hydrogens (tertiary/aromatic N) is 6. The van der Waals surface area contributed by atoms with Crippen molar-refractivity contribution in [3.05, 3.63) is 64.7 Å². The van der Waals surface area contributed by atoms with Crippen LogP contribution in [0.1, 0.15) is 16.2 Å². The average molecular weight is 455 g/mol. The third-order valence-corrected chi connectivity index (χ3v) is 5.81. The van der Waals surface area contributed by atoms with Crippen LogP contribution in [0.2, 0.25) is 5.02 Å². The Morgan fingerprint density at radius 3 is 2.66 bits per heavy atom. The first kappa shape index (κ1) is 20.6.